The first kappa shape index (κ1) is 19.2. The van der Waals surface area contributed by atoms with E-state index in [9.17, 15) is 8.42 Å². The minimum atomic E-state index is -3.21. The lowest BCUT2D eigenvalue weighted by Crippen LogP contribution is -2.53. The van der Waals surface area contributed by atoms with Gasteiger partial charge < -0.3 is 10.6 Å². The summed E-state index contributed by atoms with van der Waals surface area (Å²) in [5.74, 6) is 0.699. The van der Waals surface area contributed by atoms with Crippen LogP contribution in [0.3, 0.4) is 0 Å². The van der Waals surface area contributed by atoms with E-state index in [1.54, 1.807) is 7.05 Å². The third-order valence-corrected chi connectivity index (χ3v) is 3.63. The van der Waals surface area contributed by atoms with Crippen molar-refractivity contribution < 1.29 is 8.42 Å². The van der Waals surface area contributed by atoms with Crippen molar-refractivity contribution in [3.8, 4) is 0 Å². The monoisotopic (exact) mass is 306 g/mol. The van der Waals surface area contributed by atoms with E-state index in [0.29, 0.717) is 12.5 Å². The second kappa shape index (κ2) is 9.18. The van der Waals surface area contributed by atoms with Gasteiger partial charge in [0, 0.05) is 25.7 Å². The van der Waals surface area contributed by atoms with Crippen LogP contribution in [0.5, 0.6) is 0 Å². The van der Waals surface area contributed by atoms with Crippen LogP contribution in [-0.2, 0) is 10.0 Å². The molecule has 0 unspecified atom stereocenters. The van der Waals surface area contributed by atoms with Crippen molar-refractivity contribution in [2.75, 3.05) is 26.4 Å². The molecule has 0 aliphatic rings. The second-order valence-electron chi connectivity index (χ2n) is 5.67. The zero-order valence-corrected chi connectivity index (χ0v) is 14.2. The zero-order chi connectivity index (χ0) is 15.6. The van der Waals surface area contributed by atoms with Gasteiger partial charge in [0.2, 0.25) is 10.0 Å². The van der Waals surface area contributed by atoms with E-state index in [1.165, 1.54) is 19.3 Å². The largest absolute Gasteiger partial charge is 0.356 e. The Labute approximate surface area is 123 Å². The van der Waals surface area contributed by atoms with Crippen LogP contribution < -0.4 is 15.4 Å². The van der Waals surface area contributed by atoms with Crippen molar-refractivity contribution in [2.45, 2.75) is 52.0 Å². The molecule has 0 aliphatic carbocycles. The Balaban J connectivity index is 4.06. The van der Waals surface area contributed by atoms with E-state index in [-0.39, 0.29) is 0 Å². The van der Waals surface area contributed by atoms with Crippen LogP contribution in [-0.4, -0.2) is 46.3 Å². The third-order valence-electron chi connectivity index (χ3n) is 2.71. The van der Waals surface area contributed by atoms with Crippen LogP contribution in [0.15, 0.2) is 4.99 Å². The molecule has 0 heterocycles. The number of nitrogens with zero attached hydrogens (tertiary/aromatic N) is 1. The molecule has 0 aromatic rings. The van der Waals surface area contributed by atoms with Gasteiger partial charge >= 0.3 is 0 Å². The highest BCUT2D eigenvalue weighted by Crippen LogP contribution is 2.01. The Hall–Kier alpha value is -0.820. The van der Waals surface area contributed by atoms with Gasteiger partial charge in [-0.15, -0.1) is 0 Å². The number of rotatable bonds is 9. The van der Waals surface area contributed by atoms with Gasteiger partial charge in [-0.2, -0.15) is 0 Å². The van der Waals surface area contributed by atoms with Crippen LogP contribution in [0.25, 0.3) is 0 Å². The Morgan fingerprint density at radius 2 is 1.80 bits per heavy atom. The fraction of sp³-hybridized carbons (Fsp3) is 0.923. The maximum atomic E-state index is 11.2. The number of aliphatic imine (C=N–C) groups is 1. The molecule has 7 heteroatoms. The van der Waals surface area contributed by atoms with Crippen molar-refractivity contribution in [3.63, 3.8) is 0 Å². The number of hydrogen-bond acceptors (Lipinski definition) is 3. The first-order valence-electron chi connectivity index (χ1n) is 7.13. The number of guanidine groups is 1. The molecule has 0 fully saturated rings. The Kier molecular flexibility index (Phi) is 8.80. The molecule has 0 radical (unpaired) electrons. The molecular formula is C13H30N4O2S. The minimum absolute atomic E-state index is 0.467. The highest BCUT2D eigenvalue weighted by molar-refractivity contribution is 7.88. The first-order chi connectivity index (χ1) is 9.20. The molecule has 0 saturated heterocycles. The predicted molar refractivity (Wildman–Crippen MR) is 85.6 cm³/mol. The first-order valence-corrected chi connectivity index (χ1v) is 9.03. The fourth-order valence-electron chi connectivity index (χ4n) is 1.82. The molecule has 0 amide bonds. The quantitative estimate of drug-likeness (QED) is 0.338. The number of sulfonamides is 1. The minimum Gasteiger partial charge on any atom is -0.356 e. The van der Waals surface area contributed by atoms with Crippen LogP contribution in [0, 0.1) is 0 Å². The Bertz CT molecular complexity index is 391. The smallest absolute Gasteiger partial charge is 0.209 e. The zero-order valence-electron chi connectivity index (χ0n) is 13.4. The van der Waals surface area contributed by atoms with E-state index >= 15 is 0 Å². The van der Waals surface area contributed by atoms with E-state index < -0.39 is 15.6 Å². The average molecular weight is 306 g/mol. The van der Waals surface area contributed by atoms with E-state index in [4.69, 9.17) is 0 Å². The molecule has 20 heavy (non-hydrogen) atoms. The summed E-state index contributed by atoms with van der Waals surface area (Å²) < 4.78 is 25.1. The summed E-state index contributed by atoms with van der Waals surface area (Å²) in [6, 6.07) is 0. The summed E-state index contributed by atoms with van der Waals surface area (Å²) in [6.45, 7) is 7.18. The SMILES string of the molecule is CCCCCCNC(=NC)NCC(C)(C)NS(C)(=O)=O. The highest BCUT2D eigenvalue weighted by atomic mass is 32.2. The summed E-state index contributed by atoms with van der Waals surface area (Å²) in [4.78, 5) is 4.12. The van der Waals surface area contributed by atoms with Gasteiger partial charge in [-0.05, 0) is 20.3 Å². The summed E-state index contributed by atoms with van der Waals surface area (Å²) in [5.41, 5.74) is -0.562. The van der Waals surface area contributed by atoms with Gasteiger partial charge in [0.1, 0.15) is 0 Å². The van der Waals surface area contributed by atoms with Crippen molar-refractivity contribution in [1.82, 2.24) is 15.4 Å². The number of hydrogen-bond donors (Lipinski definition) is 3. The van der Waals surface area contributed by atoms with Gasteiger partial charge in [0.05, 0.1) is 6.26 Å². The van der Waals surface area contributed by atoms with Crippen molar-refractivity contribution >= 4 is 16.0 Å². The molecule has 0 aromatic heterocycles. The Morgan fingerprint density at radius 3 is 2.30 bits per heavy atom. The standard InChI is InChI=1S/C13H30N4O2S/c1-6-7-8-9-10-15-12(14-4)16-11-13(2,3)17-20(5,18)19/h17H,6-11H2,1-5H3,(H2,14,15,16). The van der Waals surface area contributed by atoms with Crippen molar-refractivity contribution in [3.05, 3.63) is 0 Å². The molecule has 0 rings (SSSR count). The lowest BCUT2D eigenvalue weighted by molar-refractivity contribution is 0.446. The molecule has 3 N–H and O–H groups in total. The van der Waals surface area contributed by atoms with Gasteiger partial charge in [-0.1, -0.05) is 26.2 Å². The maximum Gasteiger partial charge on any atom is 0.209 e. The fourth-order valence-corrected chi connectivity index (χ4v) is 2.90. The second-order valence-corrected chi connectivity index (χ2v) is 7.42. The maximum absolute atomic E-state index is 11.2. The lowest BCUT2D eigenvalue weighted by atomic mass is 10.1. The molecule has 0 saturated carbocycles. The molecule has 120 valence electrons. The van der Waals surface area contributed by atoms with Crippen LogP contribution >= 0.6 is 0 Å². The lowest BCUT2D eigenvalue weighted by Gasteiger charge is -2.26. The van der Waals surface area contributed by atoms with Crippen LogP contribution in [0.4, 0.5) is 0 Å². The average Bonchev–Trinajstić information content (AvgIpc) is 2.29. The highest BCUT2D eigenvalue weighted by Gasteiger charge is 2.22. The van der Waals surface area contributed by atoms with Crippen molar-refractivity contribution in [1.29, 1.82) is 0 Å². The normalized spacial score (nSPS) is 13.3. The molecule has 0 aromatic carbocycles. The summed E-state index contributed by atoms with van der Waals surface area (Å²) in [5, 5.41) is 6.36. The van der Waals surface area contributed by atoms with Gasteiger partial charge in [-0.25, -0.2) is 13.1 Å². The predicted octanol–water partition coefficient (Wildman–Crippen LogP) is 1.06. The summed E-state index contributed by atoms with van der Waals surface area (Å²) in [6.07, 6.45) is 5.95. The summed E-state index contributed by atoms with van der Waals surface area (Å²) >= 11 is 0. The molecule has 0 spiro atoms. The van der Waals surface area contributed by atoms with E-state index in [0.717, 1.165) is 19.2 Å². The van der Waals surface area contributed by atoms with Gasteiger partial charge in [-0.3, -0.25) is 4.99 Å². The number of unbranched alkanes of at least 4 members (excludes halogenated alkanes) is 3. The molecule has 0 atom stereocenters. The molecular weight excluding hydrogens is 276 g/mol. The number of nitrogens with one attached hydrogen (secondary N) is 3. The Morgan fingerprint density at radius 1 is 1.15 bits per heavy atom. The van der Waals surface area contributed by atoms with Crippen molar-refractivity contribution in [2.24, 2.45) is 4.99 Å². The topological polar surface area (TPSA) is 82.6 Å². The molecule has 0 aliphatic heterocycles. The summed E-state index contributed by atoms with van der Waals surface area (Å²) in [7, 11) is -1.51. The van der Waals surface area contributed by atoms with Crippen LogP contribution in [0.2, 0.25) is 0 Å². The van der Waals surface area contributed by atoms with Crippen LogP contribution in [0.1, 0.15) is 46.5 Å². The van der Waals surface area contributed by atoms with E-state index in [2.05, 4.69) is 27.3 Å². The van der Waals surface area contributed by atoms with Gasteiger partial charge in [0.15, 0.2) is 5.96 Å². The molecule has 0 bridgehead atoms. The van der Waals surface area contributed by atoms with E-state index in [1.807, 2.05) is 13.8 Å². The van der Waals surface area contributed by atoms with Gasteiger partial charge in [0.25, 0.3) is 0 Å². The third kappa shape index (κ3) is 11.0. The molecule has 6 nitrogen and oxygen atoms in total.